The fraction of sp³-hybridized carbons (Fsp3) is 0.364. The first kappa shape index (κ1) is 9.36. The second-order valence-corrected chi connectivity index (χ2v) is 4.12. The fourth-order valence-corrected chi connectivity index (χ4v) is 2.08. The standard InChI is InChI=1S/C11H11ClN2/c1-14-7-8(6-13)4-9-2-3-10(12)5-11(9)14/h2-3,5,8H,4,7H2,1H3. The van der Waals surface area contributed by atoms with E-state index in [1.807, 2.05) is 25.2 Å². The summed E-state index contributed by atoms with van der Waals surface area (Å²) in [6, 6.07) is 8.17. The van der Waals surface area contributed by atoms with Crippen LogP contribution < -0.4 is 4.90 Å². The van der Waals surface area contributed by atoms with Crippen LogP contribution in [0.1, 0.15) is 5.56 Å². The molecule has 14 heavy (non-hydrogen) atoms. The van der Waals surface area contributed by atoms with Crippen molar-refractivity contribution in [2.75, 3.05) is 18.5 Å². The van der Waals surface area contributed by atoms with Crippen LogP contribution in [0, 0.1) is 17.2 Å². The fourth-order valence-electron chi connectivity index (χ4n) is 1.91. The summed E-state index contributed by atoms with van der Waals surface area (Å²) in [4.78, 5) is 2.10. The summed E-state index contributed by atoms with van der Waals surface area (Å²) in [6.45, 7) is 0.795. The highest BCUT2D eigenvalue weighted by molar-refractivity contribution is 6.30. The minimum Gasteiger partial charge on any atom is -0.373 e. The molecule has 0 aliphatic carbocycles. The Labute approximate surface area is 88.7 Å². The van der Waals surface area contributed by atoms with E-state index in [4.69, 9.17) is 16.9 Å². The second kappa shape index (κ2) is 3.51. The van der Waals surface area contributed by atoms with Gasteiger partial charge < -0.3 is 4.90 Å². The number of anilines is 1. The minimum atomic E-state index is 0.105. The van der Waals surface area contributed by atoms with Gasteiger partial charge in [0.2, 0.25) is 0 Å². The van der Waals surface area contributed by atoms with Crippen molar-refractivity contribution in [3.8, 4) is 6.07 Å². The number of nitriles is 1. The van der Waals surface area contributed by atoms with E-state index in [0.29, 0.717) is 0 Å². The zero-order chi connectivity index (χ0) is 10.1. The highest BCUT2D eigenvalue weighted by Crippen LogP contribution is 2.30. The van der Waals surface area contributed by atoms with Gasteiger partial charge in [0.25, 0.3) is 0 Å². The van der Waals surface area contributed by atoms with E-state index in [-0.39, 0.29) is 5.92 Å². The number of halogens is 1. The summed E-state index contributed by atoms with van der Waals surface area (Å²) in [5.74, 6) is 0.105. The summed E-state index contributed by atoms with van der Waals surface area (Å²) in [5.41, 5.74) is 2.37. The van der Waals surface area contributed by atoms with Crippen molar-refractivity contribution in [3.63, 3.8) is 0 Å². The van der Waals surface area contributed by atoms with Crippen LogP contribution in [-0.2, 0) is 6.42 Å². The Morgan fingerprint density at radius 2 is 2.36 bits per heavy atom. The first-order valence-corrected chi connectivity index (χ1v) is 4.97. The molecule has 0 aromatic heterocycles. The smallest absolute Gasteiger partial charge is 0.0679 e. The third kappa shape index (κ3) is 1.56. The average molecular weight is 207 g/mol. The lowest BCUT2D eigenvalue weighted by Crippen LogP contribution is -2.31. The summed E-state index contributed by atoms with van der Waals surface area (Å²) < 4.78 is 0. The lowest BCUT2D eigenvalue weighted by molar-refractivity contribution is 0.619. The van der Waals surface area contributed by atoms with Crippen LogP contribution in [0.5, 0.6) is 0 Å². The zero-order valence-corrected chi connectivity index (χ0v) is 8.75. The highest BCUT2D eigenvalue weighted by Gasteiger charge is 2.21. The lowest BCUT2D eigenvalue weighted by atomic mass is 9.94. The first-order valence-electron chi connectivity index (χ1n) is 4.60. The molecular weight excluding hydrogens is 196 g/mol. The summed E-state index contributed by atoms with van der Waals surface area (Å²) in [5, 5.41) is 9.64. The molecule has 1 aliphatic rings. The van der Waals surface area contributed by atoms with Gasteiger partial charge in [0.1, 0.15) is 0 Å². The van der Waals surface area contributed by atoms with E-state index >= 15 is 0 Å². The van der Waals surface area contributed by atoms with Crippen molar-refractivity contribution in [1.29, 1.82) is 5.26 Å². The molecule has 0 saturated carbocycles. The van der Waals surface area contributed by atoms with E-state index < -0.39 is 0 Å². The van der Waals surface area contributed by atoms with Crippen molar-refractivity contribution in [1.82, 2.24) is 0 Å². The second-order valence-electron chi connectivity index (χ2n) is 3.68. The molecule has 1 aromatic carbocycles. The maximum Gasteiger partial charge on any atom is 0.0679 e. The van der Waals surface area contributed by atoms with Crippen molar-refractivity contribution in [3.05, 3.63) is 28.8 Å². The molecule has 0 amide bonds. The number of hydrogen-bond acceptors (Lipinski definition) is 2. The van der Waals surface area contributed by atoms with Crippen LogP contribution in [-0.4, -0.2) is 13.6 Å². The molecule has 0 bridgehead atoms. The molecule has 1 unspecified atom stereocenters. The van der Waals surface area contributed by atoms with Crippen molar-refractivity contribution >= 4 is 17.3 Å². The average Bonchev–Trinajstić information content (AvgIpc) is 2.19. The Morgan fingerprint density at radius 1 is 1.57 bits per heavy atom. The normalized spacial score (nSPS) is 20.1. The Morgan fingerprint density at radius 3 is 3.07 bits per heavy atom. The molecule has 1 aromatic rings. The monoisotopic (exact) mass is 206 g/mol. The Balaban J connectivity index is 2.41. The number of fused-ring (bicyclic) bond motifs is 1. The summed E-state index contributed by atoms with van der Waals surface area (Å²) >= 11 is 5.92. The third-order valence-electron chi connectivity index (χ3n) is 2.60. The van der Waals surface area contributed by atoms with E-state index in [9.17, 15) is 0 Å². The van der Waals surface area contributed by atoms with Crippen molar-refractivity contribution in [2.45, 2.75) is 6.42 Å². The predicted octanol–water partition coefficient (Wildman–Crippen LogP) is 2.47. The summed E-state index contributed by atoms with van der Waals surface area (Å²) in [7, 11) is 2.00. The van der Waals surface area contributed by atoms with Crippen LogP contribution >= 0.6 is 11.6 Å². The number of benzene rings is 1. The van der Waals surface area contributed by atoms with Gasteiger partial charge in [-0.15, -0.1) is 0 Å². The predicted molar refractivity (Wildman–Crippen MR) is 57.5 cm³/mol. The highest BCUT2D eigenvalue weighted by atomic mass is 35.5. The zero-order valence-electron chi connectivity index (χ0n) is 8.00. The molecule has 2 rings (SSSR count). The van der Waals surface area contributed by atoms with Crippen LogP contribution in [0.15, 0.2) is 18.2 Å². The number of rotatable bonds is 0. The molecule has 1 heterocycles. The number of hydrogen-bond donors (Lipinski definition) is 0. The van der Waals surface area contributed by atoms with Gasteiger partial charge in [-0.05, 0) is 24.1 Å². The Hall–Kier alpha value is -1.20. The molecule has 0 N–H and O–H groups in total. The van der Waals surface area contributed by atoms with Gasteiger partial charge in [0.05, 0.1) is 12.0 Å². The Bertz CT molecular complexity index is 395. The molecule has 3 heteroatoms. The molecular formula is C11H11ClN2. The molecule has 0 spiro atoms. The van der Waals surface area contributed by atoms with E-state index in [0.717, 1.165) is 23.7 Å². The van der Waals surface area contributed by atoms with Crippen LogP contribution in [0.3, 0.4) is 0 Å². The molecule has 72 valence electrons. The molecule has 1 atom stereocenters. The van der Waals surface area contributed by atoms with Crippen molar-refractivity contribution < 1.29 is 0 Å². The Kier molecular flexibility index (Phi) is 2.35. The molecule has 0 radical (unpaired) electrons. The van der Waals surface area contributed by atoms with E-state index in [1.54, 1.807) is 0 Å². The van der Waals surface area contributed by atoms with Crippen LogP contribution in [0.2, 0.25) is 5.02 Å². The van der Waals surface area contributed by atoms with Crippen LogP contribution in [0.25, 0.3) is 0 Å². The van der Waals surface area contributed by atoms with Gasteiger partial charge in [0, 0.05) is 24.3 Å². The maximum absolute atomic E-state index is 8.89. The van der Waals surface area contributed by atoms with Gasteiger partial charge in [-0.1, -0.05) is 17.7 Å². The maximum atomic E-state index is 8.89. The minimum absolute atomic E-state index is 0.105. The quantitative estimate of drug-likeness (QED) is 0.652. The van der Waals surface area contributed by atoms with E-state index in [2.05, 4.69) is 11.0 Å². The molecule has 0 fully saturated rings. The topological polar surface area (TPSA) is 27.0 Å². The first-order chi connectivity index (χ1) is 6.70. The van der Waals surface area contributed by atoms with E-state index in [1.165, 1.54) is 5.56 Å². The SMILES string of the molecule is CN1CC(C#N)Cc2ccc(Cl)cc21. The van der Waals surface area contributed by atoms with Gasteiger partial charge in [-0.3, -0.25) is 0 Å². The molecule has 2 nitrogen and oxygen atoms in total. The molecule has 1 aliphatic heterocycles. The third-order valence-corrected chi connectivity index (χ3v) is 2.84. The van der Waals surface area contributed by atoms with Crippen LogP contribution in [0.4, 0.5) is 5.69 Å². The lowest BCUT2D eigenvalue weighted by Gasteiger charge is -2.30. The van der Waals surface area contributed by atoms with Gasteiger partial charge in [-0.2, -0.15) is 5.26 Å². The largest absolute Gasteiger partial charge is 0.373 e. The van der Waals surface area contributed by atoms with Gasteiger partial charge in [-0.25, -0.2) is 0 Å². The van der Waals surface area contributed by atoms with Crippen molar-refractivity contribution in [2.24, 2.45) is 5.92 Å². The molecule has 0 saturated heterocycles. The number of nitrogens with zero attached hydrogens (tertiary/aromatic N) is 2. The van der Waals surface area contributed by atoms with Gasteiger partial charge in [0.15, 0.2) is 0 Å². The summed E-state index contributed by atoms with van der Waals surface area (Å²) in [6.07, 6.45) is 0.841. The van der Waals surface area contributed by atoms with Gasteiger partial charge >= 0.3 is 0 Å².